The Hall–Kier alpha value is -6.97. The Morgan fingerprint density at radius 3 is 1.85 bits per heavy atom. The SMILES string of the molecule is c1ccc(-n2c3ccc(-c4ccc5c(c4)c4ccccc4n5-c4ccc5c(n4)-c4cccc6cccc-5c46)cc3c3ccc4ccccc4c32)cc1. The van der Waals surface area contributed by atoms with Gasteiger partial charge in [0.25, 0.3) is 0 Å². The summed E-state index contributed by atoms with van der Waals surface area (Å²) in [5.74, 6) is 0.935. The zero-order valence-electron chi connectivity index (χ0n) is 28.1. The summed E-state index contributed by atoms with van der Waals surface area (Å²) < 4.78 is 4.76. The quantitative estimate of drug-likeness (QED) is 0.185. The second-order valence-electron chi connectivity index (χ2n) is 13.9. The van der Waals surface area contributed by atoms with Crippen LogP contribution in [-0.2, 0) is 0 Å². The molecule has 0 saturated carbocycles. The molecule has 12 rings (SSSR count). The molecular weight excluding hydrogens is 631 g/mol. The summed E-state index contributed by atoms with van der Waals surface area (Å²) in [7, 11) is 0. The van der Waals surface area contributed by atoms with E-state index in [0.29, 0.717) is 0 Å². The number of benzene rings is 8. The van der Waals surface area contributed by atoms with Crippen LogP contribution in [-0.4, -0.2) is 14.1 Å². The lowest BCUT2D eigenvalue weighted by molar-refractivity contribution is 1.09. The summed E-state index contributed by atoms with van der Waals surface area (Å²) >= 11 is 0. The van der Waals surface area contributed by atoms with Crippen molar-refractivity contribution in [3.8, 4) is 45.0 Å². The van der Waals surface area contributed by atoms with E-state index in [9.17, 15) is 0 Å². The van der Waals surface area contributed by atoms with Gasteiger partial charge in [-0.15, -0.1) is 0 Å². The molecule has 3 nitrogen and oxygen atoms in total. The molecule has 0 fully saturated rings. The van der Waals surface area contributed by atoms with Gasteiger partial charge < -0.3 is 4.57 Å². The van der Waals surface area contributed by atoms with Crippen LogP contribution < -0.4 is 0 Å². The summed E-state index contributed by atoms with van der Waals surface area (Å²) in [6, 6.07) is 64.2. The third kappa shape index (κ3) is 3.72. The number of aromatic nitrogens is 3. The number of fused-ring (bicyclic) bond motifs is 11. The van der Waals surface area contributed by atoms with E-state index in [4.69, 9.17) is 4.98 Å². The van der Waals surface area contributed by atoms with Crippen LogP contribution in [0.3, 0.4) is 0 Å². The fourth-order valence-electron chi connectivity index (χ4n) is 8.96. The highest BCUT2D eigenvalue weighted by Gasteiger charge is 2.24. The van der Waals surface area contributed by atoms with Gasteiger partial charge in [-0.05, 0) is 87.4 Å². The second kappa shape index (κ2) is 10.3. The maximum Gasteiger partial charge on any atom is 0.138 e. The van der Waals surface area contributed by atoms with Crippen molar-refractivity contribution >= 4 is 65.2 Å². The molecule has 11 aromatic rings. The van der Waals surface area contributed by atoms with Crippen molar-refractivity contribution in [1.29, 1.82) is 0 Å². The predicted octanol–water partition coefficient (Wildman–Crippen LogP) is 12.9. The molecule has 0 saturated heterocycles. The monoisotopic (exact) mass is 659 g/mol. The van der Waals surface area contributed by atoms with Crippen LogP contribution in [0.1, 0.15) is 0 Å². The molecule has 0 bridgehead atoms. The molecule has 0 spiro atoms. The van der Waals surface area contributed by atoms with E-state index in [2.05, 4.69) is 185 Å². The van der Waals surface area contributed by atoms with Gasteiger partial charge in [-0.25, -0.2) is 4.98 Å². The van der Waals surface area contributed by atoms with E-state index < -0.39 is 0 Å². The zero-order valence-corrected chi connectivity index (χ0v) is 28.1. The molecule has 3 aromatic heterocycles. The molecule has 3 heteroatoms. The summed E-state index contributed by atoms with van der Waals surface area (Å²) in [5.41, 5.74) is 13.1. The highest BCUT2D eigenvalue weighted by molar-refractivity contribution is 6.20. The number of hydrogen-bond acceptors (Lipinski definition) is 1. The Kier molecular flexibility index (Phi) is 5.50. The average molecular weight is 660 g/mol. The Morgan fingerprint density at radius 2 is 1.02 bits per heavy atom. The van der Waals surface area contributed by atoms with E-state index in [-0.39, 0.29) is 0 Å². The van der Waals surface area contributed by atoms with E-state index in [0.717, 1.165) is 22.5 Å². The molecule has 3 heterocycles. The average Bonchev–Trinajstić information content (AvgIpc) is 3.84. The van der Waals surface area contributed by atoms with E-state index in [1.165, 1.54) is 87.6 Å². The minimum Gasteiger partial charge on any atom is -0.309 e. The molecule has 0 aliphatic heterocycles. The first kappa shape index (κ1) is 27.8. The minimum absolute atomic E-state index is 0.935. The van der Waals surface area contributed by atoms with Crippen molar-refractivity contribution in [3.63, 3.8) is 0 Å². The number of para-hydroxylation sites is 2. The minimum atomic E-state index is 0.935. The maximum atomic E-state index is 5.39. The van der Waals surface area contributed by atoms with Gasteiger partial charge in [0.2, 0.25) is 0 Å². The standard InChI is InChI=1S/C49H29N3/c1-2-13-34(14-3-1)51-44-25-21-33(29-42(44)39-23-20-30-10-4-5-15-35(30)49(39)51)32-22-26-45-41(28-32)36-16-6-7-19-43(36)52(45)46-27-24-38-37-17-8-11-31-12-9-18-40(47(31)37)48(38)50-46/h1-29H. The van der Waals surface area contributed by atoms with Gasteiger partial charge in [0.15, 0.2) is 0 Å². The Balaban J connectivity index is 1.06. The Labute approximate surface area is 299 Å². The third-order valence-corrected chi connectivity index (χ3v) is 11.2. The molecule has 0 amide bonds. The molecule has 0 N–H and O–H groups in total. The Morgan fingerprint density at radius 1 is 0.365 bits per heavy atom. The highest BCUT2D eigenvalue weighted by atomic mass is 15.1. The first-order valence-corrected chi connectivity index (χ1v) is 17.9. The molecule has 1 aliphatic carbocycles. The highest BCUT2D eigenvalue weighted by Crippen LogP contribution is 2.47. The van der Waals surface area contributed by atoms with Crippen molar-refractivity contribution in [3.05, 3.63) is 176 Å². The number of hydrogen-bond donors (Lipinski definition) is 0. The summed E-state index contributed by atoms with van der Waals surface area (Å²) in [6.07, 6.45) is 0. The van der Waals surface area contributed by atoms with Gasteiger partial charge in [-0.2, -0.15) is 0 Å². The van der Waals surface area contributed by atoms with Crippen LogP contribution in [0.15, 0.2) is 176 Å². The fourth-order valence-corrected chi connectivity index (χ4v) is 8.96. The van der Waals surface area contributed by atoms with Gasteiger partial charge >= 0.3 is 0 Å². The van der Waals surface area contributed by atoms with Crippen molar-refractivity contribution in [2.75, 3.05) is 0 Å². The lowest BCUT2D eigenvalue weighted by Crippen LogP contribution is -1.98. The molecule has 52 heavy (non-hydrogen) atoms. The smallest absolute Gasteiger partial charge is 0.138 e. The summed E-state index contributed by atoms with van der Waals surface area (Å²) in [4.78, 5) is 5.39. The molecule has 1 aliphatic rings. The van der Waals surface area contributed by atoms with Crippen LogP contribution in [0.4, 0.5) is 0 Å². The molecule has 8 aromatic carbocycles. The third-order valence-electron chi connectivity index (χ3n) is 11.2. The van der Waals surface area contributed by atoms with Crippen LogP contribution in [0.25, 0.3) is 110 Å². The predicted molar refractivity (Wildman–Crippen MR) is 218 cm³/mol. The van der Waals surface area contributed by atoms with E-state index in [1.807, 2.05) is 0 Å². The van der Waals surface area contributed by atoms with Gasteiger partial charge in [0.1, 0.15) is 5.82 Å². The molecular formula is C49H29N3. The van der Waals surface area contributed by atoms with Crippen LogP contribution in [0, 0.1) is 0 Å². The number of nitrogens with zero attached hydrogens (tertiary/aromatic N) is 3. The topological polar surface area (TPSA) is 22.8 Å². The van der Waals surface area contributed by atoms with Crippen LogP contribution >= 0.6 is 0 Å². The normalized spacial score (nSPS) is 12.2. The van der Waals surface area contributed by atoms with Gasteiger partial charge in [0, 0.05) is 43.7 Å². The van der Waals surface area contributed by atoms with Gasteiger partial charge in [-0.1, -0.05) is 121 Å². The molecule has 240 valence electrons. The van der Waals surface area contributed by atoms with Crippen molar-refractivity contribution in [1.82, 2.24) is 14.1 Å². The first-order chi connectivity index (χ1) is 25.8. The van der Waals surface area contributed by atoms with Crippen LogP contribution in [0.5, 0.6) is 0 Å². The van der Waals surface area contributed by atoms with E-state index in [1.54, 1.807) is 0 Å². The van der Waals surface area contributed by atoms with Crippen molar-refractivity contribution in [2.24, 2.45) is 0 Å². The summed E-state index contributed by atoms with van der Waals surface area (Å²) in [5, 5.41) is 10.0. The lowest BCUT2D eigenvalue weighted by Gasteiger charge is -2.11. The Bertz CT molecular complexity index is 3280. The number of rotatable bonds is 3. The fraction of sp³-hybridized carbons (Fsp3) is 0. The van der Waals surface area contributed by atoms with Crippen molar-refractivity contribution in [2.45, 2.75) is 0 Å². The number of pyridine rings is 1. The van der Waals surface area contributed by atoms with Crippen LogP contribution in [0.2, 0.25) is 0 Å². The van der Waals surface area contributed by atoms with Gasteiger partial charge in [-0.3, -0.25) is 4.57 Å². The summed E-state index contributed by atoms with van der Waals surface area (Å²) in [6.45, 7) is 0. The van der Waals surface area contributed by atoms with Crippen molar-refractivity contribution < 1.29 is 0 Å². The second-order valence-corrected chi connectivity index (χ2v) is 13.9. The molecule has 0 atom stereocenters. The molecule has 0 radical (unpaired) electrons. The zero-order chi connectivity index (χ0) is 33.9. The largest absolute Gasteiger partial charge is 0.309 e. The first-order valence-electron chi connectivity index (χ1n) is 17.9. The maximum absolute atomic E-state index is 5.39. The van der Waals surface area contributed by atoms with Gasteiger partial charge in [0.05, 0.1) is 27.8 Å². The lowest BCUT2D eigenvalue weighted by atomic mass is 10.00. The van der Waals surface area contributed by atoms with E-state index >= 15 is 0 Å². The molecule has 0 unspecified atom stereocenters.